The van der Waals surface area contributed by atoms with Gasteiger partial charge in [-0.05, 0) is 37.6 Å². The molecule has 15 heavy (non-hydrogen) atoms. The summed E-state index contributed by atoms with van der Waals surface area (Å²) in [5, 5.41) is 3.21. The highest BCUT2D eigenvalue weighted by Crippen LogP contribution is 2.24. The summed E-state index contributed by atoms with van der Waals surface area (Å²) >= 11 is 0. The highest BCUT2D eigenvalue weighted by atomic mass is 32.2. The van der Waals surface area contributed by atoms with E-state index in [1.165, 1.54) is 12.6 Å². The van der Waals surface area contributed by atoms with Crippen LogP contribution in [-0.2, 0) is 16.4 Å². The lowest BCUT2D eigenvalue weighted by Gasteiger charge is -2.18. The first kappa shape index (κ1) is 10.4. The van der Waals surface area contributed by atoms with E-state index in [2.05, 4.69) is 10.0 Å². The fraction of sp³-hybridized carbons (Fsp3) is 0.400. The fourth-order valence-electron chi connectivity index (χ4n) is 1.73. The molecule has 1 aliphatic rings. The van der Waals surface area contributed by atoms with Gasteiger partial charge in [0.25, 0.3) is 0 Å². The van der Waals surface area contributed by atoms with Crippen molar-refractivity contribution in [2.24, 2.45) is 0 Å². The lowest BCUT2D eigenvalue weighted by molar-refractivity contribution is 0.588. The van der Waals surface area contributed by atoms with E-state index >= 15 is 0 Å². The summed E-state index contributed by atoms with van der Waals surface area (Å²) in [6.07, 6.45) is 2.12. The first-order chi connectivity index (χ1) is 7.13. The standard InChI is InChI=1S/C10H14N2O2S/c1-11-15(13,14)9-5-4-8-3-2-6-12-10(8)7-9/h4-5,7,11-12H,2-3,6H2,1H3. The molecule has 0 aliphatic carbocycles. The minimum absolute atomic E-state index is 0.318. The first-order valence-corrected chi connectivity index (χ1v) is 6.42. The van der Waals surface area contributed by atoms with Crippen LogP contribution in [0, 0.1) is 0 Å². The van der Waals surface area contributed by atoms with Crippen molar-refractivity contribution in [3.8, 4) is 0 Å². The Morgan fingerprint density at radius 1 is 1.40 bits per heavy atom. The molecule has 0 spiro atoms. The molecule has 0 atom stereocenters. The van der Waals surface area contributed by atoms with E-state index in [0.29, 0.717) is 4.90 Å². The van der Waals surface area contributed by atoms with E-state index in [1.54, 1.807) is 12.1 Å². The minimum atomic E-state index is -3.32. The van der Waals surface area contributed by atoms with Crippen molar-refractivity contribution in [1.29, 1.82) is 0 Å². The number of anilines is 1. The normalized spacial score (nSPS) is 15.5. The van der Waals surface area contributed by atoms with Crippen LogP contribution in [0.3, 0.4) is 0 Å². The van der Waals surface area contributed by atoms with E-state index in [4.69, 9.17) is 0 Å². The molecule has 0 fully saturated rings. The average molecular weight is 226 g/mol. The summed E-state index contributed by atoms with van der Waals surface area (Å²) < 4.78 is 25.4. The van der Waals surface area contributed by atoms with Gasteiger partial charge in [0.2, 0.25) is 10.0 Å². The predicted molar refractivity (Wildman–Crippen MR) is 59.5 cm³/mol. The number of nitrogens with one attached hydrogen (secondary N) is 2. The highest BCUT2D eigenvalue weighted by Gasteiger charge is 2.15. The summed E-state index contributed by atoms with van der Waals surface area (Å²) in [5.41, 5.74) is 2.13. The molecule has 0 amide bonds. The van der Waals surface area contributed by atoms with Crippen LogP contribution in [-0.4, -0.2) is 22.0 Å². The smallest absolute Gasteiger partial charge is 0.240 e. The van der Waals surface area contributed by atoms with Crippen LogP contribution in [0.2, 0.25) is 0 Å². The molecule has 1 aromatic rings. The Kier molecular flexibility index (Phi) is 2.67. The van der Waals surface area contributed by atoms with Crippen molar-refractivity contribution in [2.45, 2.75) is 17.7 Å². The van der Waals surface area contributed by atoms with Crippen LogP contribution < -0.4 is 10.0 Å². The third-order valence-corrected chi connectivity index (χ3v) is 4.01. The predicted octanol–water partition coefficient (Wildman–Crippen LogP) is 0.953. The Hall–Kier alpha value is -1.07. The van der Waals surface area contributed by atoms with E-state index < -0.39 is 10.0 Å². The third kappa shape index (κ3) is 1.98. The van der Waals surface area contributed by atoms with Gasteiger partial charge in [0, 0.05) is 12.2 Å². The topological polar surface area (TPSA) is 58.2 Å². The maximum atomic E-state index is 11.5. The summed E-state index contributed by atoms with van der Waals surface area (Å²) in [6, 6.07) is 5.23. The number of sulfonamides is 1. The number of hydrogen-bond acceptors (Lipinski definition) is 3. The Bertz CT molecular complexity index is 468. The van der Waals surface area contributed by atoms with Crippen molar-refractivity contribution in [3.05, 3.63) is 23.8 Å². The van der Waals surface area contributed by atoms with Gasteiger partial charge in [-0.3, -0.25) is 0 Å². The molecule has 2 rings (SSSR count). The second-order valence-corrected chi connectivity index (χ2v) is 5.44. The van der Waals surface area contributed by atoms with E-state index in [0.717, 1.165) is 25.1 Å². The molecule has 5 heteroatoms. The van der Waals surface area contributed by atoms with Crippen molar-refractivity contribution in [3.63, 3.8) is 0 Å². The summed E-state index contributed by atoms with van der Waals surface area (Å²) in [4.78, 5) is 0.318. The lowest BCUT2D eigenvalue weighted by Crippen LogP contribution is -2.19. The van der Waals surface area contributed by atoms with Gasteiger partial charge in [-0.15, -0.1) is 0 Å². The average Bonchev–Trinajstić information content (AvgIpc) is 2.28. The van der Waals surface area contributed by atoms with Crippen LogP contribution >= 0.6 is 0 Å². The second-order valence-electron chi connectivity index (χ2n) is 3.56. The maximum Gasteiger partial charge on any atom is 0.240 e. The summed E-state index contributed by atoms with van der Waals surface area (Å²) in [7, 11) is -1.90. The van der Waals surface area contributed by atoms with Gasteiger partial charge in [0.1, 0.15) is 0 Å². The van der Waals surface area contributed by atoms with Crippen LogP contribution in [0.1, 0.15) is 12.0 Å². The maximum absolute atomic E-state index is 11.5. The molecule has 2 N–H and O–H groups in total. The van der Waals surface area contributed by atoms with Crippen molar-refractivity contribution < 1.29 is 8.42 Å². The van der Waals surface area contributed by atoms with Gasteiger partial charge in [-0.1, -0.05) is 6.07 Å². The molecular weight excluding hydrogens is 212 g/mol. The second kappa shape index (κ2) is 3.83. The molecule has 0 aromatic heterocycles. The van der Waals surface area contributed by atoms with Crippen molar-refractivity contribution >= 4 is 15.7 Å². The number of benzene rings is 1. The Labute approximate surface area is 89.7 Å². The zero-order chi connectivity index (χ0) is 10.9. The van der Waals surface area contributed by atoms with Crippen LogP contribution in [0.4, 0.5) is 5.69 Å². The van der Waals surface area contributed by atoms with Gasteiger partial charge >= 0.3 is 0 Å². The number of rotatable bonds is 2. The highest BCUT2D eigenvalue weighted by molar-refractivity contribution is 7.89. The van der Waals surface area contributed by atoms with Gasteiger partial charge in [-0.25, -0.2) is 13.1 Å². The van der Waals surface area contributed by atoms with Gasteiger partial charge in [-0.2, -0.15) is 0 Å². The molecule has 1 aliphatic heterocycles. The van der Waals surface area contributed by atoms with Crippen LogP contribution in [0.15, 0.2) is 23.1 Å². The Morgan fingerprint density at radius 3 is 2.93 bits per heavy atom. The van der Waals surface area contributed by atoms with Crippen molar-refractivity contribution in [2.75, 3.05) is 18.9 Å². The fourth-order valence-corrected chi connectivity index (χ4v) is 2.48. The molecule has 4 nitrogen and oxygen atoms in total. The zero-order valence-electron chi connectivity index (χ0n) is 8.58. The molecular formula is C10H14N2O2S. The molecule has 1 aromatic carbocycles. The monoisotopic (exact) mass is 226 g/mol. The summed E-state index contributed by atoms with van der Waals surface area (Å²) in [5.74, 6) is 0. The number of fused-ring (bicyclic) bond motifs is 1. The molecule has 0 bridgehead atoms. The zero-order valence-corrected chi connectivity index (χ0v) is 9.39. The number of hydrogen-bond donors (Lipinski definition) is 2. The molecule has 0 radical (unpaired) electrons. The Morgan fingerprint density at radius 2 is 2.20 bits per heavy atom. The first-order valence-electron chi connectivity index (χ1n) is 4.94. The van der Waals surface area contributed by atoms with E-state index in [9.17, 15) is 8.42 Å². The minimum Gasteiger partial charge on any atom is -0.385 e. The van der Waals surface area contributed by atoms with Gasteiger partial charge < -0.3 is 5.32 Å². The quantitative estimate of drug-likeness (QED) is 0.789. The van der Waals surface area contributed by atoms with Crippen molar-refractivity contribution in [1.82, 2.24) is 4.72 Å². The van der Waals surface area contributed by atoms with Gasteiger partial charge in [0.15, 0.2) is 0 Å². The van der Waals surface area contributed by atoms with E-state index in [-0.39, 0.29) is 0 Å². The molecule has 0 saturated heterocycles. The number of aryl methyl sites for hydroxylation is 1. The third-order valence-electron chi connectivity index (χ3n) is 2.60. The van der Waals surface area contributed by atoms with Crippen LogP contribution in [0.5, 0.6) is 0 Å². The largest absolute Gasteiger partial charge is 0.385 e. The SMILES string of the molecule is CNS(=O)(=O)c1ccc2c(c1)NCCC2. The Balaban J connectivity index is 2.45. The van der Waals surface area contributed by atoms with Gasteiger partial charge in [0.05, 0.1) is 4.90 Å². The summed E-state index contributed by atoms with van der Waals surface area (Å²) in [6.45, 7) is 0.913. The van der Waals surface area contributed by atoms with E-state index in [1.807, 2.05) is 6.07 Å². The lowest BCUT2D eigenvalue weighted by atomic mass is 10.0. The van der Waals surface area contributed by atoms with Crippen LogP contribution in [0.25, 0.3) is 0 Å². The molecule has 1 heterocycles. The molecule has 0 unspecified atom stereocenters. The molecule has 82 valence electrons. The molecule has 0 saturated carbocycles.